The average molecular weight is 289 g/mol. The fourth-order valence-corrected chi connectivity index (χ4v) is 2.73. The molecule has 1 aromatic heterocycles. The maximum atomic E-state index is 13.3. The number of alkyl halides is 1. The summed E-state index contributed by atoms with van der Waals surface area (Å²) in [6.07, 6.45) is 0. The molecule has 2 nitrogen and oxygen atoms in total. The molecule has 1 unspecified atom stereocenters. The minimum atomic E-state index is -0.341. The maximum absolute atomic E-state index is 13.3. The Bertz CT molecular complexity index is 737. The van der Waals surface area contributed by atoms with E-state index in [9.17, 15) is 4.39 Å². The van der Waals surface area contributed by atoms with Crippen LogP contribution >= 0.6 is 11.6 Å². The highest BCUT2D eigenvalue weighted by Gasteiger charge is 2.19. The van der Waals surface area contributed by atoms with Crippen LogP contribution in [0.25, 0.3) is 11.0 Å². The van der Waals surface area contributed by atoms with Crippen molar-refractivity contribution in [2.24, 2.45) is 0 Å². The number of hydrogen-bond donors (Lipinski definition) is 0. The highest BCUT2D eigenvalue weighted by molar-refractivity contribution is 6.22. The summed E-state index contributed by atoms with van der Waals surface area (Å²) in [6.45, 7) is 2.77. The molecular weight excluding hydrogens is 275 g/mol. The molecule has 3 aromatic rings. The van der Waals surface area contributed by atoms with Crippen LogP contribution in [0.15, 0.2) is 48.5 Å². The third-order valence-electron chi connectivity index (χ3n) is 3.37. The molecule has 4 heteroatoms. The fraction of sp³-hybridized carbons (Fsp3) is 0.188. The number of imidazole rings is 1. The molecule has 0 aliphatic rings. The molecule has 2 aromatic carbocycles. The topological polar surface area (TPSA) is 17.8 Å². The van der Waals surface area contributed by atoms with Gasteiger partial charge in [0.25, 0.3) is 0 Å². The summed E-state index contributed by atoms with van der Waals surface area (Å²) in [5.74, 6) is 0.469. The summed E-state index contributed by atoms with van der Waals surface area (Å²) in [4.78, 5) is 4.51. The first-order valence-electron chi connectivity index (χ1n) is 6.55. The van der Waals surface area contributed by atoms with E-state index in [0.29, 0.717) is 5.52 Å². The van der Waals surface area contributed by atoms with Crippen LogP contribution in [-0.4, -0.2) is 9.55 Å². The molecule has 102 valence electrons. The number of fused-ring (bicyclic) bond motifs is 1. The van der Waals surface area contributed by atoms with Gasteiger partial charge in [0.05, 0.1) is 11.0 Å². The normalized spacial score (nSPS) is 12.8. The molecule has 20 heavy (non-hydrogen) atoms. The lowest BCUT2D eigenvalue weighted by molar-refractivity contribution is 0.629. The van der Waals surface area contributed by atoms with Gasteiger partial charge in [-0.05, 0) is 24.6 Å². The first-order chi connectivity index (χ1) is 9.70. The first kappa shape index (κ1) is 13.1. The van der Waals surface area contributed by atoms with Gasteiger partial charge in [-0.15, -0.1) is 11.6 Å². The molecule has 0 radical (unpaired) electrons. The number of hydrogen-bond acceptors (Lipinski definition) is 1. The van der Waals surface area contributed by atoms with Crippen molar-refractivity contribution in [1.29, 1.82) is 0 Å². The van der Waals surface area contributed by atoms with Crippen LogP contribution in [0.5, 0.6) is 0 Å². The molecule has 0 aliphatic carbocycles. The van der Waals surface area contributed by atoms with E-state index in [1.807, 2.05) is 41.8 Å². The molecule has 0 N–H and O–H groups in total. The molecule has 1 heterocycles. The van der Waals surface area contributed by atoms with Crippen LogP contribution in [0.4, 0.5) is 4.39 Å². The third-order valence-corrected chi connectivity index (χ3v) is 3.82. The van der Waals surface area contributed by atoms with E-state index >= 15 is 0 Å². The second kappa shape index (κ2) is 5.25. The molecule has 3 rings (SSSR count). The van der Waals surface area contributed by atoms with Crippen molar-refractivity contribution in [3.05, 3.63) is 65.7 Å². The number of benzene rings is 2. The molecule has 0 saturated carbocycles. The van der Waals surface area contributed by atoms with Crippen molar-refractivity contribution in [2.45, 2.75) is 18.8 Å². The van der Waals surface area contributed by atoms with Gasteiger partial charge in [0.1, 0.15) is 17.0 Å². The van der Waals surface area contributed by atoms with E-state index in [1.54, 1.807) is 6.07 Å². The maximum Gasteiger partial charge on any atom is 0.132 e. The molecule has 1 atom stereocenters. The quantitative estimate of drug-likeness (QED) is 0.648. The summed E-state index contributed by atoms with van der Waals surface area (Å²) < 4.78 is 15.4. The van der Waals surface area contributed by atoms with Crippen LogP contribution in [0.1, 0.15) is 23.7 Å². The zero-order chi connectivity index (χ0) is 14.1. The van der Waals surface area contributed by atoms with E-state index in [-0.39, 0.29) is 11.2 Å². The van der Waals surface area contributed by atoms with Gasteiger partial charge in [-0.2, -0.15) is 0 Å². The minimum Gasteiger partial charge on any atom is -0.327 e. The van der Waals surface area contributed by atoms with Gasteiger partial charge in [0.2, 0.25) is 0 Å². The number of halogens is 2. The molecule has 0 saturated heterocycles. The van der Waals surface area contributed by atoms with Crippen molar-refractivity contribution in [1.82, 2.24) is 9.55 Å². The Hall–Kier alpha value is -1.87. The van der Waals surface area contributed by atoms with Crippen molar-refractivity contribution < 1.29 is 4.39 Å². The lowest BCUT2D eigenvalue weighted by Gasteiger charge is -2.11. The molecule has 0 amide bonds. The summed E-state index contributed by atoms with van der Waals surface area (Å²) in [6, 6.07) is 14.4. The molecule has 0 aliphatic heterocycles. The van der Waals surface area contributed by atoms with Gasteiger partial charge in [-0.25, -0.2) is 9.37 Å². The van der Waals surface area contributed by atoms with E-state index in [4.69, 9.17) is 11.6 Å². The van der Waals surface area contributed by atoms with Gasteiger partial charge in [-0.3, -0.25) is 0 Å². The summed E-state index contributed by atoms with van der Waals surface area (Å²) in [5, 5.41) is -0.341. The molecule has 0 spiro atoms. The van der Waals surface area contributed by atoms with E-state index in [0.717, 1.165) is 23.4 Å². The smallest absolute Gasteiger partial charge is 0.132 e. The van der Waals surface area contributed by atoms with Gasteiger partial charge < -0.3 is 4.57 Å². The van der Waals surface area contributed by atoms with Gasteiger partial charge in [-0.1, -0.05) is 30.3 Å². The molecule has 0 fully saturated rings. The number of aromatic nitrogens is 2. The highest BCUT2D eigenvalue weighted by atomic mass is 35.5. The van der Waals surface area contributed by atoms with Crippen LogP contribution in [0, 0.1) is 5.82 Å². The molecule has 0 bridgehead atoms. The monoisotopic (exact) mass is 288 g/mol. The standard InChI is InChI=1S/C16H14ClFN2/c1-2-20-14-9-8-12(18)10-13(14)19-16(20)15(17)11-6-4-3-5-7-11/h3-10,15H,2H2,1H3. The van der Waals surface area contributed by atoms with Crippen molar-refractivity contribution in [2.75, 3.05) is 0 Å². The van der Waals surface area contributed by atoms with Crippen molar-refractivity contribution >= 4 is 22.6 Å². The minimum absolute atomic E-state index is 0.282. The average Bonchev–Trinajstić information content (AvgIpc) is 2.84. The lowest BCUT2D eigenvalue weighted by Crippen LogP contribution is -2.05. The Morgan fingerprint density at radius 2 is 1.95 bits per heavy atom. The Morgan fingerprint density at radius 1 is 1.20 bits per heavy atom. The van der Waals surface area contributed by atoms with Crippen LogP contribution < -0.4 is 0 Å². The highest BCUT2D eigenvalue weighted by Crippen LogP contribution is 2.30. The summed E-state index contributed by atoms with van der Waals surface area (Å²) in [5.41, 5.74) is 2.54. The second-order valence-corrected chi connectivity index (χ2v) is 5.06. The Balaban J connectivity index is 2.16. The van der Waals surface area contributed by atoms with Crippen LogP contribution in [-0.2, 0) is 6.54 Å². The first-order valence-corrected chi connectivity index (χ1v) is 6.99. The third kappa shape index (κ3) is 2.18. The lowest BCUT2D eigenvalue weighted by atomic mass is 10.1. The molecular formula is C16H14ClFN2. The van der Waals surface area contributed by atoms with E-state index in [1.165, 1.54) is 12.1 Å². The van der Waals surface area contributed by atoms with Gasteiger partial charge in [0, 0.05) is 12.6 Å². The fourth-order valence-electron chi connectivity index (χ4n) is 2.42. The van der Waals surface area contributed by atoms with E-state index < -0.39 is 0 Å². The summed E-state index contributed by atoms with van der Waals surface area (Å²) >= 11 is 6.55. The zero-order valence-electron chi connectivity index (χ0n) is 11.1. The van der Waals surface area contributed by atoms with Crippen molar-refractivity contribution in [3.63, 3.8) is 0 Å². The predicted octanol–water partition coefficient (Wildman–Crippen LogP) is 4.52. The number of aryl methyl sites for hydroxylation is 1. The Kier molecular flexibility index (Phi) is 3.45. The second-order valence-electron chi connectivity index (χ2n) is 4.62. The summed E-state index contributed by atoms with van der Waals surface area (Å²) in [7, 11) is 0. The Labute approximate surface area is 121 Å². The van der Waals surface area contributed by atoms with Crippen LogP contribution in [0.3, 0.4) is 0 Å². The SMILES string of the molecule is CCn1c(C(Cl)c2ccccc2)nc2cc(F)ccc21. The number of nitrogens with zero attached hydrogens (tertiary/aromatic N) is 2. The predicted molar refractivity (Wildman–Crippen MR) is 79.5 cm³/mol. The van der Waals surface area contributed by atoms with Crippen molar-refractivity contribution in [3.8, 4) is 0 Å². The zero-order valence-corrected chi connectivity index (χ0v) is 11.8. The number of rotatable bonds is 3. The van der Waals surface area contributed by atoms with Gasteiger partial charge in [0.15, 0.2) is 0 Å². The van der Waals surface area contributed by atoms with Crippen LogP contribution in [0.2, 0.25) is 0 Å². The van der Waals surface area contributed by atoms with Gasteiger partial charge >= 0.3 is 0 Å². The van der Waals surface area contributed by atoms with E-state index in [2.05, 4.69) is 4.98 Å². The largest absolute Gasteiger partial charge is 0.327 e. The Morgan fingerprint density at radius 3 is 2.65 bits per heavy atom.